The molecule has 0 fully saturated rings. The average molecular weight is 708 g/mol. The molecule has 3 aromatic rings. The number of benzene rings is 2. The van der Waals surface area contributed by atoms with Crippen LogP contribution in [0.25, 0.3) is 10.9 Å². The first-order chi connectivity index (χ1) is 14.5. The lowest BCUT2D eigenvalue weighted by Gasteiger charge is -2.20. The molecule has 0 spiro atoms. The second-order valence-corrected chi connectivity index (χ2v) is 12.1. The standard InChI is InChI=1S/C23H24BrI2N3O2/c1-13(2)21-28-19-7-6-15(24)10-16(19)22(30)29(21)27-11-14-8-17(25)20(18(26)9-14)31-12-23(3,4)5/h6-11,13H,12H2,1-5H3. The molecule has 2 aromatic carbocycles. The Morgan fingerprint density at radius 1 is 1.19 bits per heavy atom. The van der Waals surface area contributed by atoms with Gasteiger partial charge >= 0.3 is 0 Å². The van der Waals surface area contributed by atoms with Gasteiger partial charge < -0.3 is 4.74 Å². The van der Waals surface area contributed by atoms with E-state index in [0.29, 0.717) is 23.3 Å². The third-order valence-corrected chi connectivity index (χ3v) is 6.44. The van der Waals surface area contributed by atoms with Gasteiger partial charge in [-0.3, -0.25) is 4.79 Å². The summed E-state index contributed by atoms with van der Waals surface area (Å²) in [4.78, 5) is 17.9. The zero-order chi connectivity index (χ0) is 22.9. The summed E-state index contributed by atoms with van der Waals surface area (Å²) in [6.07, 6.45) is 1.70. The lowest BCUT2D eigenvalue weighted by Crippen LogP contribution is -2.23. The first kappa shape index (κ1) is 24.6. The summed E-state index contributed by atoms with van der Waals surface area (Å²) in [6, 6.07) is 9.54. The third-order valence-electron chi connectivity index (χ3n) is 4.34. The average Bonchev–Trinajstić information content (AvgIpc) is 2.65. The fraction of sp³-hybridized carbons (Fsp3) is 0.348. The Balaban J connectivity index is 2.02. The number of nitrogens with zero attached hydrogens (tertiary/aromatic N) is 3. The van der Waals surface area contributed by atoms with Crippen molar-refractivity contribution in [1.82, 2.24) is 9.66 Å². The highest BCUT2D eigenvalue weighted by Gasteiger charge is 2.16. The number of aromatic nitrogens is 2. The van der Waals surface area contributed by atoms with Crippen LogP contribution in [0.2, 0.25) is 0 Å². The van der Waals surface area contributed by atoms with Gasteiger partial charge in [-0.2, -0.15) is 9.78 Å². The summed E-state index contributed by atoms with van der Waals surface area (Å²) in [6.45, 7) is 11.1. The fourth-order valence-corrected chi connectivity index (χ4v) is 5.34. The molecule has 0 amide bonds. The van der Waals surface area contributed by atoms with Crippen LogP contribution in [0.15, 0.2) is 44.7 Å². The summed E-state index contributed by atoms with van der Waals surface area (Å²) in [7, 11) is 0. The molecule has 0 atom stereocenters. The minimum absolute atomic E-state index is 0.0475. The molecule has 8 heteroatoms. The Hall–Kier alpha value is -1.01. The van der Waals surface area contributed by atoms with Crippen molar-refractivity contribution < 1.29 is 4.74 Å². The lowest BCUT2D eigenvalue weighted by atomic mass is 9.99. The predicted octanol–water partition coefficient (Wildman–Crippen LogP) is 6.80. The number of halogens is 3. The molecule has 0 N–H and O–H groups in total. The van der Waals surface area contributed by atoms with Crippen molar-refractivity contribution in [3.8, 4) is 5.75 Å². The maximum absolute atomic E-state index is 13.2. The van der Waals surface area contributed by atoms with Gasteiger partial charge in [0, 0.05) is 10.4 Å². The number of hydrogen-bond donors (Lipinski definition) is 0. The molecule has 5 nitrogen and oxygen atoms in total. The molecule has 1 heterocycles. The van der Waals surface area contributed by atoms with Crippen molar-refractivity contribution >= 4 is 78.2 Å². The molecule has 0 saturated heterocycles. The SMILES string of the molecule is CC(C)c1nc2ccc(Br)cc2c(=O)n1N=Cc1cc(I)c(OCC(C)(C)C)c(I)c1. The number of hydrogen-bond acceptors (Lipinski definition) is 4. The van der Waals surface area contributed by atoms with Crippen LogP contribution >= 0.6 is 61.1 Å². The van der Waals surface area contributed by atoms with Crippen LogP contribution in [-0.2, 0) is 0 Å². The van der Waals surface area contributed by atoms with Crippen LogP contribution in [0.1, 0.15) is 51.9 Å². The molecule has 0 unspecified atom stereocenters. The van der Waals surface area contributed by atoms with Crippen molar-refractivity contribution in [3.05, 3.63) is 63.7 Å². The van der Waals surface area contributed by atoms with Gasteiger partial charge in [-0.15, -0.1) is 0 Å². The van der Waals surface area contributed by atoms with E-state index in [1.807, 2.05) is 38.1 Å². The van der Waals surface area contributed by atoms with E-state index in [0.717, 1.165) is 22.9 Å². The first-order valence-corrected chi connectivity index (χ1v) is 12.8. The van der Waals surface area contributed by atoms with Gasteiger partial charge in [-0.05, 0) is 86.5 Å². The van der Waals surface area contributed by atoms with E-state index in [1.54, 1.807) is 12.3 Å². The maximum Gasteiger partial charge on any atom is 0.282 e. The van der Waals surface area contributed by atoms with Crippen LogP contribution in [0.4, 0.5) is 0 Å². The summed E-state index contributed by atoms with van der Waals surface area (Å²) >= 11 is 7.99. The molecule has 31 heavy (non-hydrogen) atoms. The van der Waals surface area contributed by atoms with Gasteiger partial charge in [0.05, 0.1) is 30.9 Å². The molecular formula is C23H24BrI2N3O2. The topological polar surface area (TPSA) is 56.5 Å². The number of rotatable bonds is 5. The summed E-state index contributed by atoms with van der Waals surface area (Å²) in [5, 5.41) is 5.06. The molecule has 0 saturated carbocycles. The first-order valence-electron chi connectivity index (χ1n) is 9.84. The van der Waals surface area contributed by atoms with Gasteiger partial charge in [0.15, 0.2) is 0 Å². The highest BCUT2D eigenvalue weighted by molar-refractivity contribution is 14.1. The van der Waals surface area contributed by atoms with Gasteiger partial charge in [-0.25, -0.2) is 4.98 Å². The quantitative estimate of drug-likeness (QED) is 0.217. The van der Waals surface area contributed by atoms with E-state index in [1.165, 1.54) is 4.68 Å². The second kappa shape index (κ2) is 9.86. The summed E-state index contributed by atoms with van der Waals surface area (Å²) in [5.74, 6) is 1.56. The van der Waals surface area contributed by atoms with Crippen LogP contribution in [-0.4, -0.2) is 22.5 Å². The molecule has 164 valence electrons. The normalized spacial score (nSPS) is 12.3. The van der Waals surface area contributed by atoms with Crippen molar-refractivity contribution in [1.29, 1.82) is 0 Å². The lowest BCUT2D eigenvalue weighted by molar-refractivity contribution is 0.195. The minimum Gasteiger partial charge on any atom is -0.491 e. The fourth-order valence-electron chi connectivity index (χ4n) is 2.86. The molecule has 3 rings (SSSR count). The van der Waals surface area contributed by atoms with Gasteiger partial charge in [0.25, 0.3) is 5.56 Å². The maximum atomic E-state index is 13.2. The van der Waals surface area contributed by atoms with Crippen LogP contribution in [0, 0.1) is 12.6 Å². The van der Waals surface area contributed by atoms with Crippen LogP contribution in [0.5, 0.6) is 5.75 Å². The Morgan fingerprint density at radius 2 is 1.84 bits per heavy atom. The number of ether oxygens (including phenoxy) is 1. The summed E-state index contributed by atoms with van der Waals surface area (Å²) < 4.78 is 10.3. The molecule has 0 bridgehead atoms. The Bertz CT molecular complexity index is 1190. The smallest absolute Gasteiger partial charge is 0.282 e. The summed E-state index contributed by atoms with van der Waals surface area (Å²) in [5.41, 5.74) is 1.47. The van der Waals surface area contributed by atoms with E-state index < -0.39 is 0 Å². The van der Waals surface area contributed by atoms with Crippen molar-refractivity contribution in [2.75, 3.05) is 6.61 Å². The predicted molar refractivity (Wildman–Crippen MR) is 148 cm³/mol. The molecule has 0 aliphatic rings. The van der Waals surface area contributed by atoms with Gasteiger partial charge in [0.2, 0.25) is 0 Å². The van der Waals surface area contributed by atoms with Crippen molar-refractivity contribution in [3.63, 3.8) is 0 Å². The van der Waals surface area contributed by atoms with E-state index >= 15 is 0 Å². The largest absolute Gasteiger partial charge is 0.491 e. The van der Waals surface area contributed by atoms with E-state index in [4.69, 9.17) is 9.72 Å². The third kappa shape index (κ3) is 6.07. The van der Waals surface area contributed by atoms with Crippen LogP contribution < -0.4 is 10.3 Å². The van der Waals surface area contributed by atoms with Crippen molar-refractivity contribution in [2.24, 2.45) is 10.5 Å². The Labute approximate surface area is 218 Å². The van der Waals surface area contributed by atoms with E-state index in [2.05, 4.69) is 87.0 Å². The van der Waals surface area contributed by atoms with Gasteiger partial charge in [-0.1, -0.05) is 50.5 Å². The van der Waals surface area contributed by atoms with E-state index in [9.17, 15) is 4.79 Å². The molecule has 0 radical (unpaired) electrons. The molecular weight excluding hydrogens is 684 g/mol. The highest BCUT2D eigenvalue weighted by Crippen LogP contribution is 2.30. The second-order valence-electron chi connectivity index (χ2n) is 8.81. The zero-order valence-corrected chi connectivity index (χ0v) is 23.9. The van der Waals surface area contributed by atoms with E-state index in [-0.39, 0.29) is 16.9 Å². The molecule has 1 aromatic heterocycles. The minimum atomic E-state index is -0.180. The van der Waals surface area contributed by atoms with Crippen molar-refractivity contribution in [2.45, 2.75) is 40.5 Å². The Kier molecular flexibility index (Phi) is 7.83. The number of fused-ring (bicyclic) bond motifs is 1. The monoisotopic (exact) mass is 707 g/mol. The van der Waals surface area contributed by atoms with Gasteiger partial charge in [0.1, 0.15) is 11.6 Å². The Morgan fingerprint density at radius 3 is 2.42 bits per heavy atom. The molecule has 0 aliphatic heterocycles. The highest BCUT2D eigenvalue weighted by atomic mass is 127. The zero-order valence-electron chi connectivity index (χ0n) is 18.0. The van der Waals surface area contributed by atoms with Crippen LogP contribution in [0.3, 0.4) is 0 Å². The molecule has 0 aliphatic carbocycles.